The quantitative estimate of drug-likeness (QED) is 0.771. The molecule has 0 saturated heterocycles. The third-order valence-corrected chi connectivity index (χ3v) is 4.18. The number of nitrogens with one attached hydrogen (secondary N) is 1. The molecule has 0 radical (unpaired) electrons. The highest BCUT2D eigenvalue weighted by Crippen LogP contribution is 2.37. The van der Waals surface area contributed by atoms with Gasteiger partial charge < -0.3 is 11.1 Å². The second-order valence-corrected chi connectivity index (χ2v) is 5.57. The van der Waals surface area contributed by atoms with Crippen LogP contribution in [-0.4, -0.2) is 17.5 Å². The van der Waals surface area contributed by atoms with Gasteiger partial charge in [-0.25, -0.2) is 0 Å². The zero-order chi connectivity index (χ0) is 12.3. The third-order valence-electron chi connectivity index (χ3n) is 4.18. The fraction of sp³-hybridized carbons (Fsp3) is 0.923. The Hall–Kier alpha value is -0.570. The van der Waals surface area contributed by atoms with Crippen molar-refractivity contribution in [3.8, 4) is 0 Å². The van der Waals surface area contributed by atoms with E-state index in [0.717, 1.165) is 25.7 Å². The Balaban J connectivity index is 2.83. The van der Waals surface area contributed by atoms with E-state index in [1.165, 1.54) is 0 Å². The van der Waals surface area contributed by atoms with Gasteiger partial charge in [-0.2, -0.15) is 0 Å². The summed E-state index contributed by atoms with van der Waals surface area (Å²) in [5.74, 6) is 0.871. The minimum absolute atomic E-state index is 0.174. The van der Waals surface area contributed by atoms with Crippen LogP contribution in [0.25, 0.3) is 0 Å². The van der Waals surface area contributed by atoms with Crippen LogP contribution in [0.5, 0.6) is 0 Å². The van der Waals surface area contributed by atoms with Crippen molar-refractivity contribution < 1.29 is 4.79 Å². The van der Waals surface area contributed by atoms with Crippen molar-refractivity contribution in [2.45, 2.75) is 65.0 Å². The molecule has 0 aromatic rings. The van der Waals surface area contributed by atoms with Gasteiger partial charge in [0.1, 0.15) is 5.54 Å². The summed E-state index contributed by atoms with van der Waals surface area (Å²) in [6, 6.07) is 0.350. The van der Waals surface area contributed by atoms with E-state index in [0.29, 0.717) is 17.9 Å². The molecule has 4 atom stereocenters. The Bertz CT molecular complexity index is 254. The molecule has 3 heteroatoms. The van der Waals surface area contributed by atoms with E-state index in [1.807, 2.05) is 0 Å². The van der Waals surface area contributed by atoms with Gasteiger partial charge in [-0.1, -0.05) is 20.8 Å². The minimum atomic E-state index is -0.470. The number of hydrogen-bond donors (Lipinski definition) is 2. The number of nitrogens with two attached hydrogens (primary N) is 1. The van der Waals surface area contributed by atoms with Gasteiger partial charge in [-0.05, 0) is 44.4 Å². The largest absolute Gasteiger partial charge is 0.368 e. The molecular weight excluding hydrogens is 200 g/mol. The summed E-state index contributed by atoms with van der Waals surface area (Å²) < 4.78 is 0. The molecule has 16 heavy (non-hydrogen) atoms. The predicted octanol–water partition coefficient (Wildman–Crippen LogP) is 2.05. The van der Waals surface area contributed by atoms with E-state index >= 15 is 0 Å². The Morgan fingerprint density at radius 1 is 1.56 bits per heavy atom. The van der Waals surface area contributed by atoms with Crippen molar-refractivity contribution in [2.75, 3.05) is 0 Å². The van der Waals surface area contributed by atoms with Gasteiger partial charge >= 0.3 is 0 Å². The van der Waals surface area contributed by atoms with Crippen LogP contribution < -0.4 is 11.1 Å². The summed E-state index contributed by atoms with van der Waals surface area (Å²) in [7, 11) is 0. The second kappa shape index (κ2) is 5.17. The second-order valence-electron chi connectivity index (χ2n) is 5.57. The molecule has 0 heterocycles. The van der Waals surface area contributed by atoms with Crippen molar-refractivity contribution in [1.82, 2.24) is 5.32 Å². The average molecular weight is 226 g/mol. The van der Waals surface area contributed by atoms with E-state index in [9.17, 15) is 4.79 Å². The van der Waals surface area contributed by atoms with E-state index in [-0.39, 0.29) is 5.91 Å². The standard InChI is InChI=1S/C13H26N2O/c1-5-11(4)15-13(12(14)16)7-6-9(2)8-10(13)3/h9-11,15H,5-8H2,1-4H3,(H2,14,16). The number of rotatable bonds is 4. The molecule has 1 rings (SSSR count). The molecule has 3 N–H and O–H groups in total. The van der Waals surface area contributed by atoms with Gasteiger partial charge in [0.2, 0.25) is 5.91 Å². The first kappa shape index (κ1) is 13.5. The summed E-state index contributed by atoms with van der Waals surface area (Å²) in [5.41, 5.74) is 5.17. The van der Waals surface area contributed by atoms with Crippen molar-refractivity contribution in [1.29, 1.82) is 0 Å². The lowest BCUT2D eigenvalue weighted by Gasteiger charge is -2.44. The third kappa shape index (κ3) is 2.57. The molecule has 0 bridgehead atoms. The maximum absolute atomic E-state index is 11.8. The summed E-state index contributed by atoms with van der Waals surface area (Å²) in [6.07, 6.45) is 4.09. The van der Waals surface area contributed by atoms with Gasteiger partial charge in [0.15, 0.2) is 0 Å². The molecule has 4 unspecified atom stereocenters. The fourth-order valence-corrected chi connectivity index (χ4v) is 2.84. The average Bonchev–Trinajstić information content (AvgIpc) is 2.21. The van der Waals surface area contributed by atoms with Crippen LogP contribution in [0.15, 0.2) is 0 Å². The van der Waals surface area contributed by atoms with E-state index in [2.05, 4.69) is 33.0 Å². The summed E-state index contributed by atoms with van der Waals surface area (Å²) in [4.78, 5) is 11.8. The molecule has 0 aliphatic heterocycles. The highest BCUT2D eigenvalue weighted by molar-refractivity contribution is 5.85. The summed E-state index contributed by atoms with van der Waals surface area (Å²) >= 11 is 0. The maximum atomic E-state index is 11.8. The number of primary amides is 1. The van der Waals surface area contributed by atoms with Crippen LogP contribution in [0.3, 0.4) is 0 Å². The Labute approximate surface area is 99.2 Å². The summed E-state index contributed by atoms with van der Waals surface area (Å²) in [5, 5.41) is 3.48. The number of hydrogen-bond acceptors (Lipinski definition) is 2. The highest BCUT2D eigenvalue weighted by atomic mass is 16.1. The smallest absolute Gasteiger partial charge is 0.238 e. The van der Waals surface area contributed by atoms with Gasteiger partial charge in [0, 0.05) is 6.04 Å². The van der Waals surface area contributed by atoms with Crippen LogP contribution in [0.2, 0.25) is 0 Å². The number of carbonyl (C=O) groups excluding carboxylic acids is 1. The number of carbonyl (C=O) groups is 1. The lowest BCUT2D eigenvalue weighted by molar-refractivity contribution is -0.129. The SMILES string of the molecule is CCC(C)NC1(C(N)=O)CCC(C)CC1C. The minimum Gasteiger partial charge on any atom is -0.368 e. The van der Waals surface area contributed by atoms with Gasteiger partial charge in [0.25, 0.3) is 0 Å². The molecule has 0 aromatic carbocycles. The maximum Gasteiger partial charge on any atom is 0.238 e. The van der Waals surface area contributed by atoms with Crippen LogP contribution in [-0.2, 0) is 4.79 Å². The summed E-state index contributed by atoms with van der Waals surface area (Å²) in [6.45, 7) is 8.65. The highest BCUT2D eigenvalue weighted by Gasteiger charge is 2.45. The van der Waals surface area contributed by atoms with Crippen molar-refractivity contribution in [3.63, 3.8) is 0 Å². The Morgan fingerprint density at radius 3 is 2.62 bits per heavy atom. The molecule has 1 amide bonds. The van der Waals surface area contributed by atoms with Crippen molar-refractivity contribution in [2.24, 2.45) is 17.6 Å². The van der Waals surface area contributed by atoms with E-state index in [1.54, 1.807) is 0 Å². The van der Waals surface area contributed by atoms with E-state index in [4.69, 9.17) is 5.73 Å². The zero-order valence-corrected chi connectivity index (χ0v) is 11.0. The first-order valence-corrected chi connectivity index (χ1v) is 6.50. The molecule has 1 aliphatic rings. The Kier molecular flexibility index (Phi) is 4.36. The molecule has 0 aromatic heterocycles. The molecule has 0 spiro atoms. The molecule has 94 valence electrons. The molecule has 1 saturated carbocycles. The first-order valence-electron chi connectivity index (χ1n) is 6.50. The molecule has 1 aliphatic carbocycles. The lowest BCUT2D eigenvalue weighted by atomic mass is 9.69. The first-order chi connectivity index (χ1) is 7.42. The zero-order valence-electron chi connectivity index (χ0n) is 11.0. The Morgan fingerprint density at radius 2 is 2.19 bits per heavy atom. The van der Waals surface area contributed by atoms with E-state index < -0.39 is 5.54 Å². The van der Waals surface area contributed by atoms with Crippen LogP contribution in [0, 0.1) is 11.8 Å². The van der Waals surface area contributed by atoms with Crippen LogP contribution >= 0.6 is 0 Å². The normalized spacial score (nSPS) is 37.0. The van der Waals surface area contributed by atoms with Crippen molar-refractivity contribution in [3.05, 3.63) is 0 Å². The fourth-order valence-electron chi connectivity index (χ4n) is 2.84. The predicted molar refractivity (Wildman–Crippen MR) is 67.0 cm³/mol. The van der Waals surface area contributed by atoms with Gasteiger partial charge in [0.05, 0.1) is 0 Å². The van der Waals surface area contributed by atoms with Crippen LogP contribution in [0.4, 0.5) is 0 Å². The van der Waals surface area contributed by atoms with Crippen molar-refractivity contribution >= 4 is 5.91 Å². The topological polar surface area (TPSA) is 55.1 Å². The molecule has 1 fully saturated rings. The molecular formula is C13H26N2O. The monoisotopic (exact) mass is 226 g/mol. The van der Waals surface area contributed by atoms with Gasteiger partial charge in [-0.15, -0.1) is 0 Å². The molecule has 3 nitrogen and oxygen atoms in total. The number of amides is 1. The van der Waals surface area contributed by atoms with Gasteiger partial charge in [-0.3, -0.25) is 4.79 Å². The van der Waals surface area contributed by atoms with Crippen LogP contribution in [0.1, 0.15) is 53.4 Å². The lowest BCUT2D eigenvalue weighted by Crippen LogP contribution is -2.63.